The minimum atomic E-state index is -0.396. The second kappa shape index (κ2) is 11.6. The highest BCUT2D eigenvalue weighted by atomic mass is 35.5. The first-order valence-corrected chi connectivity index (χ1v) is 12.2. The number of aryl methyl sites for hydroxylation is 1. The standard InChI is InChI=1S/C25H32ClN5O3/c1-18-4-5-20(17-22(18)26)29-25(33)28-19-6-7-23(31-9-2-3-10-31)21(16-19)24(32)27-8-11-30-12-14-34-15-13-30/h4-7,16-17H,2-3,8-15H2,1H3,(H,27,32)(H2,28,29,33). The molecular weight excluding hydrogens is 454 g/mol. The fourth-order valence-corrected chi connectivity index (χ4v) is 4.42. The molecule has 2 saturated heterocycles. The van der Waals surface area contributed by atoms with Crippen molar-refractivity contribution >= 4 is 40.6 Å². The molecule has 8 nitrogen and oxygen atoms in total. The lowest BCUT2D eigenvalue weighted by molar-refractivity contribution is 0.0383. The lowest BCUT2D eigenvalue weighted by Crippen LogP contribution is -2.41. The van der Waals surface area contributed by atoms with E-state index in [0.29, 0.717) is 28.5 Å². The van der Waals surface area contributed by atoms with Crippen LogP contribution in [0.1, 0.15) is 28.8 Å². The van der Waals surface area contributed by atoms with Crippen LogP contribution in [0.5, 0.6) is 0 Å². The predicted octanol–water partition coefficient (Wildman–Crippen LogP) is 3.95. The van der Waals surface area contributed by atoms with Gasteiger partial charge in [0.05, 0.1) is 18.8 Å². The highest BCUT2D eigenvalue weighted by molar-refractivity contribution is 6.31. The third-order valence-corrected chi connectivity index (χ3v) is 6.60. The van der Waals surface area contributed by atoms with E-state index in [4.69, 9.17) is 16.3 Å². The second-order valence-electron chi connectivity index (χ2n) is 8.68. The van der Waals surface area contributed by atoms with Crippen molar-refractivity contribution in [2.45, 2.75) is 19.8 Å². The number of benzene rings is 2. The Morgan fingerprint density at radius 1 is 0.971 bits per heavy atom. The van der Waals surface area contributed by atoms with Gasteiger partial charge in [-0.1, -0.05) is 17.7 Å². The van der Waals surface area contributed by atoms with Gasteiger partial charge < -0.3 is 25.6 Å². The Hall–Kier alpha value is -2.81. The molecule has 2 aliphatic heterocycles. The van der Waals surface area contributed by atoms with Crippen LogP contribution in [-0.2, 0) is 4.74 Å². The molecule has 0 bridgehead atoms. The smallest absolute Gasteiger partial charge is 0.323 e. The zero-order valence-electron chi connectivity index (χ0n) is 19.5. The molecule has 4 rings (SSSR count). The summed E-state index contributed by atoms with van der Waals surface area (Å²) in [6, 6.07) is 10.5. The Morgan fingerprint density at radius 3 is 2.35 bits per heavy atom. The molecular formula is C25H32ClN5O3. The number of rotatable bonds is 7. The second-order valence-corrected chi connectivity index (χ2v) is 9.09. The molecule has 0 aliphatic carbocycles. The van der Waals surface area contributed by atoms with Crippen LogP contribution >= 0.6 is 11.6 Å². The molecule has 9 heteroatoms. The van der Waals surface area contributed by atoms with Crippen molar-refractivity contribution in [1.29, 1.82) is 0 Å². The number of hydrogen-bond acceptors (Lipinski definition) is 5. The maximum Gasteiger partial charge on any atom is 0.323 e. The summed E-state index contributed by atoms with van der Waals surface area (Å²) < 4.78 is 5.38. The van der Waals surface area contributed by atoms with E-state index >= 15 is 0 Å². The summed E-state index contributed by atoms with van der Waals surface area (Å²) in [6.07, 6.45) is 2.22. The van der Waals surface area contributed by atoms with Crippen LogP contribution < -0.4 is 20.9 Å². The third-order valence-electron chi connectivity index (χ3n) is 6.19. The van der Waals surface area contributed by atoms with Crippen molar-refractivity contribution in [2.24, 2.45) is 0 Å². The number of anilines is 3. The van der Waals surface area contributed by atoms with Crippen molar-refractivity contribution in [3.8, 4) is 0 Å². The number of carbonyl (C=O) groups is 2. The van der Waals surface area contributed by atoms with Gasteiger partial charge in [-0.05, 0) is 55.7 Å². The molecule has 2 heterocycles. The molecule has 2 aromatic carbocycles. The SMILES string of the molecule is Cc1ccc(NC(=O)Nc2ccc(N3CCCC3)c(C(=O)NCCN3CCOCC3)c2)cc1Cl. The monoisotopic (exact) mass is 485 g/mol. The van der Waals surface area contributed by atoms with E-state index in [2.05, 4.69) is 25.8 Å². The molecule has 0 radical (unpaired) electrons. The number of urea groups is 1. The topological polar surface area (TPSA) is 85.9 Å². The first-order chi connectivity index (χ1) is 16.5. The molecule has 0 saturated carbocycles. The molecule has 0 unspecified atom stereocenters. The van der Waals surface area contributed by atoms with E-state index in [1.807, 2.05) is 25.1 Å². The van der Waals surface area contributed by atoms with Crippen molar-refractivity contribution in [1.82, 2.24) is 10.2 Å². The van der Waals surface area contributed by atoms with E-state index < -0.39 is 6.03 Å². The Bertz CT molecular complexity index is 1020. The molecule has 3 amide bonds. The van der Waals surface area contributed by atoms with Crippen molar-refractivity contribution in [3.05, 3.63) is 52.5 Å². The van der Waals surface area contributed by atoms with Crippen LogP contribution in [0.2, 0.25) is 5.02 Å². The number of nitrogens with zero attached hydrogens (tertiary/aromatic N) is 2. The maximum atomic E-state index is 13.1. The molecule has 2 aliphatic rings. The number of ether oxygens (including phenoxy) is 1. The summed E-state index contributed by atoms with van der Waals surface area (Å²) >= 11 is 6.15. The Labute approximate surface area is 205 Å². The molecule has 0 aromatic heterocycles. The summed E-state index contributed by atoms with van der Waals surface area (Å²) in [5.41, 5.74) is 3.56. The molecule has 34 heavy (non-hydrogen) atoms. The minimum absolute atomic E-state index is 0.135. The molecule has 0 atom stereocenters. The van der Waals surface area contributed by atoms with Crippen LogP contribution in [0, 0.1) is 6.92 Å². The Kier molecular flexibility index (Phi) is 8.26. The molecule has 0 spiro atoms. The van der Waals surface area contributed by atoms with Gasteiger partial charge in [0.1, 0.15) is 0 Å². The zero-order valence-corrected chi connectivity index (χ0v) is 20.3. The lowest BCUT2D eigenvalue weighted by atomic mass is 10.1. The third kappa shape index (κ3) is 6.40. The Balaban J connectivity index is 1.43. The zero-order chi connectivity index (χ0) is 23.9. The average Bonchev–Trinajstić information content (AvgIpc) is 3.37. The van der Waals surface area contributed by atoms with Crippen LogP contribution in [0.3, 0.4) is 0 Å². The molecule has 3 N–H and O–H groups in total. The van der Waals surface area contributed by atoms with Crippen molar-refractivity contribution in [2.75, 3.05) is 68.0 Å². The van der Waals surface area contributed by atoms with Gasteiger partial charge in [0.15, 0.2) is 0 Å². The highest BCUT2D eigenvalue weighted by Crippen LogP contribution is 2.28. The largest absolute Gasteiger partial charge is 0.379 e. The maximum absolute atomic E-state index is 13.1. The van der Waals surface area contributed by atoms with Crippen molar-refractivity contribution < 1.29 is 14.3 Å². The molecule has 182 valence electrons. The summed E-state index contributed by atoms with van der Waals surface area (Å²) in [5, 5.41) is 9.26. The van der Waals surface area contributed by atoms with Gasteiger partial charge in [-0.25, -0.2) is 4.79 Å². The van der Waals surface area contributed by atoms with Gasteiger partial charge in [0.2, 0.25) is 0 Å². The molecule has 2 aromatic rings. The van der Waals surface area contributed by atoms with Gasteiger partial charge in [-0.3, -0.25) is 9.69 Å². The van der Waals surface area contributed by atoms with Crippen LogP contribution in [0.15, 0.2) is 36.4 Å². The number of hydrogen-bond donors (Lipinski definition) is 3. The van der Waals surface area contributed by atoms with E-state index in [0.717, 1.165) is 70.0 Å². The minimum Gasteiger partial charge on any atom is -0.379 e. The fraction of sp³-hybridized carbons (Fsp3) is 0.440. The lowest BCUT2D eigenvalue weighted by Gasteiger charge is -2.26. The van der Waals surface area contributed by atoms with Crippen LogP contribution in [0.25, 0.3) is 0 Å². The van der Waals surface area contributed by atoms with Crippen molar-refractivity contribution in [3.63, 3.8) is 0 Å². The van der Waals surface area contributed by atoms with E-state index in [1.54, 1.807) is 18.2 Å². The molecule has 2 fully saturated rings. The average molecular weight is 486 g/mol. The van der Waals surface area contributed by atoms with E-state index in [1.165, 1.54) is 0 Å². The van der Waals surface area contributed by atoms with E-state index in [9.17, 15) is 9.59 Å². The summed E-state index contributed by atoms with van der Waals surface area (Å²) in [4.78, 5) is 30.2. The number of amides is 3. The quantitative estimate of drug-likeness (QED) is 0.552. The normalized spacial score (nSPS) is 16.4. The van der Waals surface area contributed by atoms with Gasteiger partial charge in [-0.2, -0.15) is 0 Å². The summed E-state index contributed by atoms with van der Waals surface area (Å²) in [6.45, 7) is 8.34. The number of halogens is 1. The first kappa shape index (κ1) is 24.3. The Morgan fingerprint density at radius 2 is 1.65 bits per heavy atom. The fourth-order valence-electron chi connectivity index (χ4n) is 4.24. The van der Waals surface area contributed by atoms with E-state index in [-0.39, 0.29) is 5.91 Å². The number of morpholine rings is 1. The summed E-state index contributed by atoms with van der Waals surface area (Å²) in [7, 11) is 0. The number of nitrogens with one attached hydrogen (secondary N) is 3. The predicted molar refractivity (Wildman–Crippen MR) is 136 cm³/mol. The van der Waals surface area contributed by atoms with Gasteiger partial charge >= 0.3 is 6.03 Å². The van der Waals surface area contributed by atoms with Gasteiger partial charge in [-0.15, -0.1) is 0 Å². The van der Waals surface area contributed by atoms with Crippen LogP contribution in [0.4, 0.5) is 21.9 Å². The van der Waals surface area contributed by atoms with Crippen LogP contribution in [-0.4, -0.2) is 69.3 Å². The van der Waals surface area contributed by atoms with Gasteiger partial charge in [0.25, 0.3) is 5.91 Å². The number of carbonyl (C=O) groups excluding carboxylic acids is 2. The first-order valence-electron chi connectivity index (χ1n) is 11.8. The summed E-state index contributed by atoms with van der Waals surface area (Å²) in [5.74, 6) is -0.135. The van der Waals surface area contributed by atoms with Gasteiger partial charge in [0, 0.05) is 61.4 Å². The highest BCUT2D eigenvalue weighted by Gasteiger charge is 2.21.